The quantitative estimate of drug-likeness (QED) is 0.446. The predicted molar refractivity (Wildman–Crippen MR) is 136 cm³/mol. The van der Waals surface area contributed by atoms with Gasteiger partial charge >= 0.3 is 10.2 Å². The van der Waals surface area contributed by atoms with Crippen molar-refractivity contribution in [1.82, 2.24) is 24.0 Å². The van der Waals surface area contributed by atoms with Gasteiger partial charge in [-0.3, -0.25) is 4.31 Å². The van der Waals surface area contributed by atoms with Crippen LogP contribution in [0.1, 0.15) is 38.5 Å². The minimum absolute atomic E-state index is 0.0989. The zero-order chi connectivity index (χ0) is 26.4. The van der Waals surface area contributed by atoms with Crippen LogP contribution in [0.3, 0.4) is 0 Å². The fourth-order valence-corrected chi connectivity index (χ4v) is 6.75. The lowest BCUT2D eigenvalue weighted by Gasteiger charge is -2.37. The number of rotatable bonds is 5. The second-order valence-electron chi connectivity index (χ2n) is 9.98. The Hall–Kier alpha value is -3.45. The number of piperidine rings is 1. The van der Waals surface area contributed by atoms with E-state index in [1.54, 1.807) is 6.20 Å². The second-order valence-corrected chi connectivity index (χ2v) is 11.6. The number of aliphatic hydroxyl groups is 1. The maximum absolute atomic E-state index is 13.5. The first-order chi connectivity index (χ1) is 18.2. The molecule has 0 unspecified atom stereocenters. The summed E-state index contributed by atoms with van der Waals surface area (Å²) in [7, 11) is -3.69. The van der Waals surface area contributed by atoms with Crippen LogP contribution in [0.25, 0.3) is 22.4 Å². The number of fused-ring (bicyclic) bond motifs is 1. The van der Waals surface area contributed by atoms with E-state index in [4.69, 9.17) is 4.74 Å². The molecule has 1 saturated carbocycles. The van der Waals surface area contributed by atoms with Crippen LogP contribution >= 0.6 is 0 Å². The molecule has 0 spiro atoms. The summed E-state index contributed by atoms with van der Waals surface area (Å²) >= 11 is 0. The first-order valence-electron chi connectivity index (χ1n) is 12.7. The van der Waals surface area contributed by atoms with E-state index in [0.717, 1.165) is 62.3 Å². The number of anilines is 1. The Morgan fingerprint density at radius 2 is 1.71 bits per heavy atom. The summed E-state index contributed by atoms with van der Waals surface area (Å²) in [6.45, 7) is 1.61. The summed E-state index contributed by atoms with van der Waals surface area (Å²) in [5.41, 5.74) is 1.50. The van der Waals surface area contributed by atoms with Gasteiger partial charge in [-0.2, -0.15) is 8.42 Å². The summed E-state index contributed by atoms with van der Waals surface area (Å²) in [6.07, 6.45) is 7.83. The van der Waals surface area contributed by atoms with E-state index >= 15 is 0 Å². The highest BCUT2D eigenvalue weighted by atomic mass is 32.2. The molecule has 2 aromatic heterocycles. The van der Waals surface area contributed by atoms with Gasteiger partial charge in [0.05, 0.1) is 29.4 Å². The number of nitrogens with one attached hydrogen (secondary N) is 2. The van der Waals surface area contributed by atoms with E-state index in [9.17, 15) is 22.3 Å². The Balaban J connectivity index is 1.00. The molecule has 13 heteroatoms. The van der Waals surface area contributed by atoms with Crippen LogP contribution in [-0.4, -0.2) is 64.1 Å². The average molecular weight is 547 g/mol. The number of ether oxygens (including phenoxy) is 1. The standard InChI is InChI=1S/C25H28F2N6O4S/c26-19-11-21-22(12-20(19)27)30-25(29-21)15-1-6-23(28-13-15)32-9-7-18(8-10-32)37-17-4-2-16(3-5-17)33-14-24(34)31-38(33,35)36/h1,6,11-14,16-18,31,34H,2-5,7-10H2,(H,29,30). The summed E-state index contributed by atoms with van der Waals surface area (Å²) in [6, 6.07) is 5.80. The van der Waals surface area contributed by atoms with Gasteiger partial charge < -0.3 is 19.7 Å². The molecule has 2 aliphatic heterocycles. The Bertz CT molecular complexity index is 1420. The van der Waals surface area contributed by atoms with Gasteiger partial charge in [-0.1, -0.05) is 0 Å². The third-order valence-corrected chi connectivity index (χ3v) is 8.89. The van der Waals surface area contributed by atoms with Crippen molar-refractivity contribution in [3.63, 3.8) is 0 Å². The number of aromatic nitrogens is 3. The molecule has 1 aromatic carbocycles. The number of hydrogen-bond donors (Lipinski definition) is 3. The van der Waals surface area contributed by atoms with Crippen LogP contribution in [0.4, 0.5) is 14.6 Å². The van der Waals surface area contributed by atoms with Crippen molar-refractivity contribution in [2.45, 2.75) is 56.8 Å². The van der Waals surface area contributed by atoms with Crippen molar-refractivity contribution in [3.05, 3.63) is 54.2 Å². The SMILES string of the molecule is O=S1(=O)NC(O)=CN1C1CCC(OC2CCN(c3ccc(-c4nc5cc(F)c(F)cc5[nH]4)cn3)CC2)CC1. The van der Waals surface area contributed by atoms with Crippen molar-refractivity contribution < 1.29 is 27.0 Å². The Morgan fingerprint density at radius 3 is 2.37 bits per heavy atom. The van der Waals surface area contributed by atoms with Crippen LogP contribution in [0, 0.1) is 11.6 Å². The van der Waals surface area contributed by atoms with E-state index in [1.807, 2.05) is 12.1 Å². The minimum Gasteiger partial charge on any atom is -0.493 e. The smallest absolute Gasteiger partial charge is 0.326 e. The third kappa shape index (κ3) is 4.87. The maximum Gasteiger partial charge on any atom is 0.326 e. The Kier molecular flexibility index (Phi) is 6.34. The number of imidazole rings is 1. The fourth-order valence-electron chi connectivity index (χ4n) is 5.49. The summed E-state index contributed by atoms with van der Waals surface area (Å²) in [5.74, 6) is -0.857. The molecule has 1 aliphatic carbocycles. The molecule has 10 nitrogen and oxygen atoms in total. The number of pyridine rings is 1. The van der Waals surface area contributed by atoms with E-state index in [0.29, 0.717) is 29.7 Å². The minimum atomic E-state index is -3.69. The molecule has 202 valence electrons. The summed E-state index contributed by atoms with van der Waals surface area (Å²) in [4.78, 5) is 14.1. The molecular formula is C25H28F2N6O4S. The van der Waals surface area contributed by atoms with E-state index < -0.39 is 21.8 Å². The van der Waals surface area contributed by atoms with E-state index in [1.165, 1.54) is 10.5 Å². The fraction of sp³-hybridized carbons (Fsp3) is 0.440. The van der Waals surface area contributed by atoms with E-state index in [-0.39, 0.29) is 24.1 Å². The maximum atomic E-state index is 13.5. The molecule has 0 atom stereocenters. The molecule has 38 heavy (non-hydrogen) atoms. The number of benzene rings is 1. The molecule has 3 N–H and O–H groups in total. The zero-order valence-corrected chi connectivity index (χ0v) is 21.3. The number of H-pyrrole nitrogens is 1. The Morgan fingerprint density at radius 1 is 1.00 bits per heavy atom. The molecule has 2 fully saturated rings. The first kappa shape index (κ1) is 24.9. The molecule has 4 heterocycles. The van der Waals surface area contributed by atoms with Crippen molar-refractivity contribution in [1.29, 1.82) is 0 Å². The molecular weight excluding hydrogens is 518 g/mol. The second kappa shape index (κ2) is 9.70. The molecule has 0 bridgehead atoms. The topological polar surface area (TPSA) is 124 Å². The molecule has 1 saturated heterocycles. The number of nitrogens with zero attached hydrogens (tertiary/aromatic N) is 4. The molecule has 3 aromatic rings. The van der Waals surface area contributed by atoms with Crippen molar-refractivity contribution in [2.24, 2.45) is 0 Å². The zero-order valence-electron chi connectivity index (χ0n) is 20.5. The monoisotopic (exact) mass is 546 g/mol. The average Bonchev–Trinajstić information content (AvgIpc) is 3.43. The van der Waals surface area contributed by atoms with Crippen LogP contribution in [0.5, 0.6) is 0 Å². The van der Waals surface area contributed by atoms with Crippen LogP contribution in [-0.2, 0) is 14.9 Å². The summed E-state index contributed by atoms with van der Waals surface area (Å²) < 4.78 is 60.9. The van der Waals surface area contributed by atoms with Gasteiger partial charge in [0.15, 0.2) is 11.6 Å². The predicted octanol–water partition coefficient (Wildman–Crippen LogP) is 3.71. The van der Waals surface area contributed by atoms with Gasteiger partial charge in [-0.05, 0) is 50.7 Å². The van der Waals surface area contributed by atoms with Gasteiger partial charge in [-0.15, -0.1) is 0 Å². The molecule has 6 rings (SSSR count). The van der Waals surface area contributed by atoms with Crippen molar-refractivity contribution in [3.8, 4) is 11.4 Å². The largest absolute Gasteiger partial charge is 0.493 e. The van der Waals surface area contributed by atoms with Crippen LogP contribution in [0.2, 0.25) is 0 Å². The van der Waals surface area contributed by atoms with Gasteiger partial charge in [-0.25, -0.2) is 23.5 Å². The lowest BCUT2D eigenvalue weighted by atomic mass is 9.92. The first-order valence-corrected chi connectivity index (χ1v) is 14.1. The number of hydrogen-bond acceptors (Lipinski definition) is 7. The molecule has 3 aliphatic rings. The van der Waals surface area contributed by atoms with Gasteiger partial charge in [0, 0.05) is 43.0 Å². The van der Waals surface area contributed by atoms with Gasteiger partial charge in [0.2, 0.25) is 5.88 Å². The number of halogens is 2. The normalized spacial score (nSPS) is 24.0. The lowest BCUT2D eigenvalue weighted by molar-refractivity contribution is -0.0449. The highest BCUT2D eigenvalue weighted by Gasteiger charge is 2.36. The number of aliphatic hydroxyl groups excluding tert-OH is 1. The lowest BCUT2D eigenvalue weighted by Crippen LogP contribution is -2.42. The van der Waals surface area contributed by atoms with Crippen LogP contribution < -0.4 is 9.62 Å². The van der Waals surface area contributed by atoms with Crippen molar-refractivity contribution >= 4 is 27.1 Å². The number of aromatic amines is 1. The highest BCUT2D eigenvalue weighted by Crippen LogP contribution is 2.31. The third-order valence-electron chi connectivity index (χ3n) is 7.46. The van der Waals surface area contributed by atoms with Gasteiger partial charge in [0.1, 0.15) is 11.6 Å². The Labute approximate surface area is 218 Å². The van der Waals surface area contributed by atoms with Crippen LogP contribution in [0.15, 0.2) is 42.5 Å². The molecule has 0 amide bonds. The highest BCUT2D eigenvalue weighted by molar-refractivity contribution is 7.87. The van der Waals surface area contributed by atoms with Gasteiger partial charge in [0.25, 0.3) is 0 Å². The molecule has 0 radical (unpaired) electrons. The van der Waals surface area contributed by atoms with Crippen molar-refractivity contribution in [2.75, 3.05) is 18.0 Å². The van der Waals surface area contributed by atoms with E-state index in [2.05, 4.69) is 24.6 Å². The summed E-state index contributed by atoms with van der Waals surface area (Å²) in [5, 5.41) is 9.52.